The molecule has 1 saturated heterocycles. The van der Waals surface area contributed by atoms with Crippen LogP contribution in [-0.2, 0) is 0 Å². The average molecular weight is 214 g/mol. The summed E-state index contributed by atoms with van der Waals surface area (Å²) in [5, 5.41) is 12.1. The van der Waals surface area contributed by atoms with Crippen molar-refractivity contribution in [2.24, 2.45) is 5.92 Å². The predicted molar refractivity (Wildman–Crippen MR) is 64.0 cm³/mol. The highest BCUT2D eigenvalue weighted by Crippen LogP contribution is 2.17. The van der Waals surface area contributed by atoms with Gasteiger partial charge in [0.05, 0.1) is 0 Å². The molecule has 1 unspecified atom stereocenters. The van der Waals surface area contributed by atoms with Crippen LogP contribution in [0.1, 0.15) is 32.1 Å². The van der Waals surface area contributed by atoms with Crippen molar-refractivity contribution in [3.05, 3.63) is 0 Å². The lowest BCUT2D eigenvalue weighted by Crippen LogP contribution is -2.33. The standard InChI is InChI=1S/C12H26N2O/c1-14-9-4-5-12(11-14)6-8-13-7-2-3-10-15/h12-13,15H,2-11H2,1H3. The van der Waals surface area contributed by atoms with Gasteiger partial charge in [-0.15, -0.1) is 0 Å². The number of nitrogens with zero attached hydrogens (tertiary/aromatic N) is 1. The summed E-state index contributed by atoms with van der Waals surface area (Å²) >= 11 is 0. The first-order chi connectivity index (χ1) is 7.33. The van der Waals surface area contributed by atoms with E-state index in [4.69, 9.17) is 5.11 Å². The fraction of sp³-hybridized carbons (Fsp3) is 1.00. The van der Waals surface area contributed by atoms with Crippen LogP contribution in [0.25, 0.3) is 0 Å². The van der Waals surface area contributed by atoms with E-state index in [0.717, 1.165) is 31.8 Å². The molecule has 1 aliphatic rings. The van der Waals surface area contributed by atoms with Crippen LogP contribution in [0.15, 0.2) is 0 Å². The minimum absolute atomic E-state index is 0.328. The molecule has 0 radical (unpaired) electrons. The van der Waals surface area contributed by atoms with Crippen LogP contribution in [0.2, 0.25) is 0 Å². The third kappa shape index (κ3) is 6.13. The molecule has 2 N–H and O–H groups in total. The molecule has 15 heavy (non-hydrogen) atoms. The van der Waals surface area contributed by atoms with E-state index in [-0.39, 0.29) is 0 Å². The summed E-state index contributed by atoms with van der Waals surface area (Å²) in [5.74, 6) is 0.897. The smallest absolute Gasteiger partial charge is 0.0431 e. The van der Waals surface area contributed by atoms with Gasteiger partial charge in [-0.3, -0.25) is 0 Å². The van der Waals surface area contributed by atoms with E-state index in [0.29, 0.717) is 6.61 Å². The molecule has 0 aromatic heterocycles. The maximum atomic E-state index is 8.62. The van der Waals surface area contributed by atoms with E-state index >= 15 is 0 Å². The number of unbranched alkanes of at least 4 members (excludes halogenated alkanes) is 1. The Bertz CT molecular complexity index is 153. The number of hydrogen-bond acceptors (Lipinski definition) is 3. The Hall–Kier alpha value is -0.120. The third-order valence-electron chi connectivity index (χ3n) is 3.21. The van der Waals surface area contributed by atoms with Gasteiger partial charge in [0.15, 0.2) is 0 Å². The Labute approximate surface area is 93.9 Å². The van der Waals surface area contributed by atoms with Crippen LogP contribution in [0, 0.1) is 5.92 Å². The highest BCUT2D eigenvalue weighted by Gasteiger charge is 2.15. The minimum atomic E-state index is 0.328. The monoisotopic (exact) mass is 214 g/mol. The first-order valence-corrected chi connectivity index (χ1v) is 6.33. The van der Waals surface area contributed by atoms with Gasteiger partial charge < -0.3 is 15.3 Å². The van der Waals surface area contributed by atoms with E-state index in [1.165, 1.54) is 32.4 Å². The lowest BCUT2D eigenvalue weighted by molar-refractivity contribution is 0.201. The maximum Gasteiger partial charge on any atom is 0.0431 e. The molecule has 1 rings (SSSR count). The van der Waals surface area contributed by atoms with Crippen molar-refractivity contribution < 1.29 is 5.11 Å². The molecule has 90 valence electrons. The molecule has 0 amide bonds. The lowest BCUT2D eigenvalue weighted by Gasteiger charge is -2.29. The summed E-state index contributed by atoms with van der Waals surface area (Å²) < 4.78 is 0. The Kier molecular flexibility index (Phi) is 6.98. The van der Waals surface area contributed by atoms with Crippen LogP contribution in [0.4, 0.5) is 0 Å². The second kappa shape index (κ2) is 8.08. The zero-order valence-electron chi connectivity index (χ0n) is 10.0. The van der Waals surface area contributed by atoms with Gasteiger partial charge in [-0.05, 0) is 64.7 Å². The van der Waals surface area contributed by atoms with Gasteiger partial charge in [0.2, 0.25) is 0 Å². The van der Waals surface area contributed by atoms with E-state index in [1.807, 2.05) is 0 Å². The van der Waals surface area contributed by atoms with Crippen molar-refractivity contribution in [1.29, 1.82) is 0 Å². The van der Waals surface area contributed by atoms with Crippen LogP contribution in [-0.4, -0.2) is 49.8 Å². The van der Waals surface area contributed by atoms with Gasteiger partial charge in [0.25, 0.3) is 0 Å². The summed E-state index contributed by atoms with van der Waals surface area (Å²) in [6.07, 6.45) is 6.11. The minimum Gasteiger partial charge on any atom is -0.396 e. The fourth-order valence-electron chi connectivity index (χ4n) is 2.30. The number of aliphatic hydroxyl groups is 1. The maximum absolute atomic E-state index is 8.62. The Balaban J connectivity index is 1.90. The van der Waals surface area contributed by atoms with Crippen molar-refractivity contribution >= 4 is 0 Å². The fourth-order valence-corrected chi connectivity index (χ4v) is 2.30. The molecular formula is C12H26N2O. The molecular weight excluding hydrogens is 188 g/mol. The molecule has 3 heteroatoms. The summed E-state index contributed by atoms with van der Waals surface area (Å²) in [7, 11) is 2.22. The lowest BCUT2D eigenvalue weighted by atomic mass is 9.95. The number of aliphatic hydroxyl groups excluding tert-OH is 1. The molecule has 0 aromatic rings. The number of rotatable bonds is 7. The van der Waals surface area contributed by atoms with E-state index in [9.17, 15) is 0 Å². The highest BCUT2D eigenvalue weighted by molar-refractivity contribution is 4.71. The molecule has 1 atom stereocenters. The summed E-state index contributed by atoms with van der Waals surface area (Å²) in [5.41, 5.74) is 0. The SMILES string of the molecule is CN1CCCC(CCNCCCCO)C1. The second-order valence-electron chi connectivity index (χ2n) is 4.74. The average Bonchev–Trinajstić information content (AvgIpc) is 2.23. The second-order valence-corrected chi connectivity index (χ2v) is 4.74. The molecule has 3 nitrogen and oxygen atoms in total. The van der Waals surface area contributed by atoms with Gasteiger partial charge in [0.1, 0.15) is 0 Å². The van der Waals surface area contributed by atoms with Crippen molar-refractivity contribution in [3.63, 3.8) is 0 Å². The van der Waals surface area contributed by atoms with Crippen LogP contribution in [0.3, 0.4) is 0 Å². The zero-order chi connectivity index (χ0) is 10.9. The Morgan fingerprint density at radius 2 is 2.20 bits per heavy atom. The van der Waals surface area contributed by atoms with Gasteiger partial charge in [-0.2, -0.15) is 0 Å². The molecule has 0 saturated carbocycles. The van der Waals surface area contributed by atoms with Gasteiger partial charge in [-0.1, -0.05) is 0 Å². The third-order valence-corrected chi connectivity index (χ3v) is 3.21. The van der Waals surface area contributed by atoms with E-state index < -0.39 is 0 Å². The molecule has 1 heterocycles. The van der Waals surface area contributed by atoms with Crippen molar-refractivity contribution in [2.45, 2.75) is 32.1 Å². The van der Waals surface area contributed by atoms with Gasteiger partial charge >= 0.3 is 0 Å². The highest BCUT2D eigenvalue weighted by atomic mass is 16.2. The molecule has 0 bridgehead atoms. The molecule has 0 aromatic carbocycles. The Morgan fingerprint density at radius 3 is 2.93 bits per heavy atom. The normalized spacial score (nSPS) is 23.2. The van der Waals surface area contributed by atoms with Crippen LogP contribution >= 0.6 is 0 Å². The predicted octanol–water partition coefficient (Wildman–Crippen LogP) is 1.08. The largest absolute Gasteiger partial charge is 0.396 e. The quantitative estimate of drug-likeness (QED) is 0.623. The molecule has 0 spiro atoms. The summed E-state index contributed by atoms with van der Waals surface area (Å²) in [6.45, 7) is 5.08. The summed E-state index contributed by atoms with van der Waals surface area (Å²) in [4.78, 5) is 2.44. The van der Waals surface area contributed by atoms with Crippen molar-refractivity contribution in [2.75, 3.05) is 39.8 Å². The summed E-state index contributed by atoms with van der Waals surface area (Å²) in [6, 6.07) is 0. The molecule has 0 aliphatic carbocycles. The van der Waals surface area contributed by atoms with Crippen LogP contribution in [0.5, 0.6) is 0 Å². The van der Waals surface area contributed by atoms with E-state index in [1.54, 1.807) is 0 Å². The van der Waals surface area contributed by atoms with Gasteiger partial charge in [0, 0.05) is 13.2 Å². The van der Waals surface area contributed by atoms with Gasteiger partial charge in [-0.25, -0.2) is 0 Å². The number of likely N-dealkylation sites (tertiary alicyclic amines) is 1. The molecule has 1 aliphatic heterocycles. The number of piperidine rings is 1. The van der Waals surface area contributed by atoms with E-state index in [2.05, 4.69) is 17.3 Å². The number of nitrogens with one attached hydrogen (secondary N) is 1. The zero-order valence-corrected chi connectivity index (χ0v) is 10.0. The van der Waals surface area contributed by atoms with Crippen molar-refractivity contribution in [1.82, 2.24) is 10.2 Å². The Morgan fingerprint density at radius 1 is 1.33 bits per heavy atom. The first kappa shape index (κ1) is 12.9. The van der Waals surface area contributed by atoms with Crippen molar-refractivity contribution in [3.8, 4) is 0 Å². The molecule has 1 fully saturated rings. The van der Waals surface area contributed by atoms with Crippen LogP contribution < -0.4 is 5.32 Å². The first-order valence-electron chi connectivity index (χ1n) is 6.33. The number of hydrogen-bond donors (Lipinski definition) is 2. The topological polar surface area (TPSA) is 35.5 Å².